The van der Waals surface area contributed by atoms with Gasteiger partial charge in [0.2, 0.25) is 0 Å². The zero-order valence-electron chi connectivity index (χ0n) is 12.7. The van der Waals surface area contributed by atoms with Crippen LogP contribution in [0, 0.1) is 0 Å². The quantitative estimate of drug-likeness (QED) is 0.393. The van der Waals surface area contributed by atoms with E-state index < -0.39 is 5.91 Å². The number of benzene rings is 2. The van der Waals surface area contributed by atoms with Crippen molar-refractivity contribution in [3.63, 3.8) is 0 Å². The topological polar surface area (TPSA) is 78.0 Å². The Morgan fingerprint density at radius 3 is 2.65 bits per heavy atom. The lowest BCUT2D eigenvalue weighted by molar-refractivity contribution is -0.124. The minimum absolute atomic E-state index is 0.140. The summed E-state index contributed by atoms with van der Waals surface area (Å²) >= 11 is 0. The van der Waals surface area contributed by atoms with Crippen LogP contribution >= 0.6 is 0 Å². The molecule has 0 unspecified atom stereocenters. The van der Waals surface area contributed by atoms with Gasteiger partial charge < -0.3 is 4.98 Å². The number of amides is 1. The van der Waals surface area contributed by atoms with Gasteiger partial charge in [-0.3, -0.25) is 10.0 Å². The van der Waals surface area contributed by atoms with Gasteiger partial charge >= 0.3 is 0 Å². The van der Waals surface area contributed by atoms with E-state index in [0.29, 0.717) is 0 Å². The molecule has 3 N–H and O–H groups in total. The average molecular weight is 307 g/mol. The average Bonchev–Trinajstić information content (AvgIpc) is 3.03. The fourth-order valence-electron chi connectivity index (χ4n) is 2.44. The number of nitrogens with one attached hydrogen (secondary N) is 2. The predicted molar refractivity (Wildman–Crippen MR) is 89.0 cm³/mol. The fourth-order valence-corrected chi connectivity index (χ4v) is 2.44. The molecule has 1 aromatic heterocycles. The Balaban J connectivity index is 1.80. The molecule has 3 rings (SSSR count). The summed E-state index contributed by atoms with van der Waals surface area (Å²) < 4.78 is 0. The van der Waals surface area contributed by atoms with Crippen LogP contribution in [-0.2, 0) is 4.79 Å². The lowest BCUT2D eigenvalue weighted by Crippen LogP contribution is -2.14. The molecule has 0 fully saturated rings. The SMILES string of the molecule is C[C@H](c1ccc(/C=C/C(=O)NO)cc1)c1nc2ccccc2[nH]1. The van der Waals surface area contributed by atoms with Crippen LogP contribution in [0.1, 0.15) is 29.8 Å². The summed E-state index contributed by atoms with van der Waals surface area (Å²) in [5.41, 5.74) is 5.57. The minimum atomic E-state index is -0.551. The van der Waals surface area contributed by atoms with Gasteiger partial charge in [0, 0.05) is 12.0 Å². The summed E-state index contributed by atoms with van der Waals surface area (Å²) in [7, 11) is 0. The van der Waals surface area contributed by atoms with Crippen LogP contribution in [-0.4, -0.2) is 21.1 Å². The van der Waals surface area contributed by atoms with E-state index >= 15 is 0 Å². The van der Waals surface area contributed by atoms with Gasteiger partial charge in [-0.2, -0.15) is 0 Å². The van der Waals surface area contributed by atoms with Crippen LogP contribution in [0.3, 0.4) is 0 Å². The van der Waals surface area contributed by atoms with E-state index in [9.17, 15) is 4.79 Å². The van der Waals surface area contributed by atoms with Gasteiger partial charge in [-0.25, -0.2) is 10.5 Å². The first-order valence-corrected chi connectivity index (χ1v) is 7.34. The number of rotatable bonds is 4. The number of imidazole rings is 1. The van der Waals surface area contributed by atoms with Crippen molar-refractivity contribution in [2.24, 2.45) is 0 Å². The Morgan fingerprint density at radius 2 is 1.96 bits per heavy atom. The molecule has 0 saturated heterocycles. The van der Waals surface area contributed by atoms with Crippen molar-refractivity contribution in [2.45, 2.75) is 12.8 Å². The maximum absolute atomic E-state index is 11.0. The van der Waals surface area contributed by atoms with Crippen LogP contribution in [0.5, 0.6) is 0 Å². The summed E-state index contributed by atoms with van der Waals surface area (Å²) in [6, 6.07) is 15.8. The smallest absolute Gasteiger partial charge is 0.267 e. The van der Waals surface area contributed by atoms with Crippen molar-refractivity contribution < 1.29 is 10.0 Å². The number of carbonyl (C=O) groups is 1. The maximum atomic E-state index is 11.0. The minimum Gasteiger partial charge on any atom is -0.341 e. The number of fused-ring (bicyclic) bond motifs is 1. The number of para-hydroxylation sites is 2. The molecular formula is C18H17N3O2. The molecule has 5 nitrogen and oxygen atoms in total. The van der Waals surface area contributed by atoms with Gasteiger partial charge in [0.15, 0.2) is 0 Å². The molecule has 0 aliphatic heterocycles. The van der Waals surface area contributed by atoms with Crippen LogP contribution in [0.25, 0.3) is 17.1 Å². The van der Waals surface area contributed by atoms with Crippen LogP contribution in [0.2, 0.25) is 0 Å². The third-order valence-corrected chi connectivity index (χ3v) is 3.79. The van der Waals surface area contributed by atoms with Gasteiger partial charge in [-0.15, -0.1) is 0 Å². The van der Waals surface area contributed by atoms with Crippen molar-refractivity contribution >= 4 is 23.0 Å². The second-order valence-corrected chi connectivity index (χ2v) is 5.34. The van der Waals surface area contributed by atoms with E-state index in [4.69, 9.17) is 5.21 Å². The number of hydrogen-bond donors (Lipinski definition) is 3. The van der Waals surface area contributed by atoms with Crippen molar-refractivity contribution in [3.8, 4) is 0 Å². The molecule has 1 atom stereocenters. The lowest BCUT2D eigenvalue weighted by atomic mass is 9.99. The maximum Gasteiger partial charge on any atom is 0.267 e. The number of nitrogens with zero attached hydrogens (tertiary/aromatic N) is 1. The van der Waals surface area contributed by atoms with E-state index in [0.717, 1.165) is 28.0 Å². The van der Waals surface area contributed by atoms with Gasteiger partial charge in [-0.05, 0) is 29.3 Å². The van der Waals surface area contributed by atoms with E-state index in [1.54, 1.807) is 11.6 Å². The Labute approximate surface area is 133 Å². The van der Waals surface area contributed by atoms with Crippen LogP contribution < -0.4 is 5.48 Å². The second-order valence-electron chi connectivity index (χ2n) is 5.34. The molecule has 3 aromatic rings. The molecule has 2 aromatic carbocycles. The van der Waals surface area contributed by atoms with E-state index in [1.165, 1.54) is 6.08 Å². The molecule has 0 aliphatic carbocycles. The molecule has 116 valence electrons. The molecule has 0 saturated carbocycles. The van der Waals surface area contributed by atoms with Crippen molar-refractivity contribution in [1.29, 1.82) is 0 Å². The van der Waals surface area contributed by atoms with E-state index in [2.05, 4.69) is 16.9 Å². The summed E-state index contributed by atoms with van der Waals surface area (Å²) in [5.74, 6) is 0.514. The van der Waals surface area contributed by atoms with Crippen molar-refractivity contribution in [2.75, 3.05) is 0 Å². The summed E-state index contributed by atoms with van der Waals surface area (Å²) in [4.78, 5) is 19.0. The molecule has 1 amide bonds. The van der Waals surface area contributed by atoms with Gasteiger partial charge in [-0.1, -0.05) is 43.3 Å². The predicted octanol–water partition coefficient (Wildman–Crippen LogP) is 3.23. The standard InChI is InChI=1S/C18H17N3O2/c1-12(18-19-15-4-2-3-5-16(15)20-18)14-9-6-13(7-10-14)8-11-17(22)21-23/h2-12,23H,1H3,(H,19,20)(H,21,22)/b11-8+/t12-/m1/s1. The number of hydrogen-bond acceptors (Lipinski definition) is 3. The molecule has 5 heteroatoms. The Bertz CT molecular complexity index is 817. The molecule has 1 heterocycles. The summed E-state index contributed by atoms with van der Waals surface area (Å²) in [6.45, 7) is 2.10. The highest BCUT2D eigenvalue weighted by Gasteiger charge is 2.12. The van der Waals surface area contributed by atoms with Crippen LogP contribution in [0.4, 0.5) is 0 Å². The zero-order chi connectivity index (χ0) is 16.2. The zero-order valence-corrected chi connectivity index (χ0v) is 12.7. The highest BCUT2D eigenvalue weighted by atomic mass is 16.5. The summed E-state index contributed by atoms with van der Waals surface area (Å²) in [6.07, 6.45) is 2.92. The second kappa shape index (κ2) is 6.46. The molecule has 0 bridgehead atoms. The number of hydroxylamine groups is 1. The first-order valence-electron chi connectivity index (χ1n) is 7.34. The number of H-pyrrole nitrogens is 1. The monoisotopic (exact) mass is 307 g/mol. The van der Waals surface area contributed by atoms with Crippen LogP contribution in [0.15, 0.2) is 54.6 Å². The number of aromatic nitrogens is 2. The van der Waals surface area contributed by atoms with Gasteiger partial charge in [0.05, 0.1) is 11.0 Å². The van der Waals surface area contributed by atoms with Gasteiger partial charge in [0.1, 0.15) is 5.82 Å². The summed E-state index contributed by atoms with van der Waals surface area (Å²) in [5, 5.41) is 8.45. The third-order valence-electron chi connectivity index (χ3n) is 3.79. The first kappa shape index (κ1) is 15.0. The fraction of sp³-hybridized carbons (Fsp3) is 0.111. The molecule has 0 spiro atoms. The molecule has 0 radical (unpaired) electrons. The number of aromatic amines is 1. The molecular weight excluding hydrogens is 290 g/mol. The Kier molecular flexibility index (Phi) is 4.21. The number of carbonyl (C=O) groups excluding carboxylic acids is 1. The van der Waals surface area contributed by atoms with Crippen molar-refractivity contribution in [1.82, 2.24) is 15.4 Å². The largest absolute Gasteiger partial charge is 0.341 e. The third kappa shape index (κ3) is 3.30. The highest BCUT2D eigenvalue weighted by molar-refractivity contribution is 5.90. The lowest BCUT2D eigenvalue weighted by Gasteiger charge is -2.09. The first-order chi connectivity index (χ1) is 11.2. The normalized spacial score (nSPS) is 12.6. The van der Waals surface area contributed by atoms with Gasteiger partial charge in [0.25, 0.3) is 5.91 Å². The Hall–Kier alpha value is -2.92. The molecule has 0 aliphatic rings. The molecule has 23 heavy (non-hydrogen) atoms. The van der Waals surface area contributed by atoms with E-state index in [1.807, 2.05) is 48.5 Å². The Morgan fingerprint density at radius 1 is 1.22 bits per heavy atom. The van der Waals surface area contributed by atoms with E-state index in [-0.39, 0.29) is 5.92 Å². The highest BCUT2D eigenvalue weighted by Crippen LogP contribution is 2.24. The van der Waals surface area contributed by atoms with Crippen molar-refractivity contribution in [3.05, 3.63) is 71.6 Å².